The molecule has 1 aliphatic rings. The van der Waals surface area contributed by atoms with E-state index >= 15 is 0 Å². The SMILES string of the molecule is COc1cc(NC(=O)N(CC(=O)N(Cc2ccc(F)cc2)Cc2ccc(C)o2)C[C@H]2CCCO2)cc(OC)c1. The van der Waals surface area contributed by atoms with Crippen LogP contribution in [0.4, 0.5) is 14.9 Å². The van der Waals surface area contributed by atoms with E-state index in [2.05, 4.69) is 5.32 Å². The molecule has 9 nitrogen and oxygen atoms in total. The molecule has 0 aliphatic carbocycles. The Morgan fingerprint density at radius 1 is 1.00 bits per heavy atom. The summed E-state index contributed by atoms with van der Waals surface area (Å²) in [5, 5.41) is 2.86. The number of methoxy groups -OCH3 is 2. The Kier molecular flexibility index (Phi) is 9.43. The standard InChI is InChI=1S/C29H34FN3O6/c1-20-6-11-25(39-20)18-32(16-21-7-9-22(30)10-8-21)28(34)19-33(17-24-5-4-12-38-24)29(35)31-23-13-26(36-2)15-27(14-23)37-3/h6-11,13-15,24H,4-5,12,16-19H2,1-3H3,(H,31,35)/t24-/m1/s1. The van der Waals surface area contributed by atoms with Crippen LogP contribution in [0.25, 0.3) is 0 Å². The van der Waals surface area contributed by atoms with E-state index in [4.69, 9.17) is 18.6 Å². The highest BCUT2D eigenvalue weighted by Gasteiger charge is 2.27. The van der Waals surface area contributed by atoms with Crippen LogP contribution in [0.3, 0.4) is 0 Å². The molecule has 0 radical (unpaired) electrons. The highest BCUT2D eigenvalue weighted by molar-refractivity contribution is 5.92. The minimum atomic E-state index is -0.454. The topological polar surface area (TPSA) is 93.5 Å². The molecule has 1 aromatic heterocycles. The molecular weight excluding hydrogens is 505 g/mol. The lowest BCUT2D eigenvalue weighted by atomic mass is 10.2. The van der Waals surface area contributed by atoms with E-state index in [1.54, 1.807) is 35.2 Å². The number of rotatable bonds is 11. The minimum absolute atomic E-state index is 0.165. The number of hydrogen-bond donors (Lipinski definition) is 1. The summed E-state index contributed by atoms with van der Waals surface area (Å²) in [6.07, 6.45) is 1.53. The maximum Gasteiger partial charge on any atom is 0.322 e. The minimum Gasteiger partial charge on any atom is -0.497 e. The number of hydrogen-bond acceptors (Lipinski definition) is 6. The maximum absolute atomic E-state index is 13.7. The van der Waals surface area contributed by atoms with Crippen molar-refractivity contribution in [3.05, 3.63) is 77.5 Å². The summed E-state index contributed by atoms with van der Waals surface area (Å²) in [7, 11) is 3.05. The molecule has 39 heavy (non-hydrogen) atoms. The Morgan fingerprint density at radius 2 is 1.72 bits per heavy atom. The number of urea groups is 1. The third-order valence-electron chi connectivity index (χ3n) is 6.45. The van der Waals surface area contributed by atoms with E-state index in [0.717, 1.165) is 24.2 Å². The predicted molar refractivity (Wildman–Crippen MR) is 143 cm³/mol. The first-order valence-corrected chi connectivity index (χ1v) is 12.8. The Balaban J connectivity index is 1.54. The number of amides is 3. The number of benzene rings is 2. The van der Waals surface area contributed by atoms with Gasteiger partial charge >= 0.3 is 6.03 Å². The van der Waals surface area contributed by atoms with Gasteiger partial charge in [-0.1, -0.05) is 12.1 Å². The first kappa shape index (κ1) is 28.0. The molecule has 0 bridgehead atoms. The summed E-state index contributed by atoms with van der Waals surface area (Å²) in [5.74, 6) is 1.74. The zero-order valence-electron chi connectivity index (χ0n) is 22.4. The van der Waals surface area contributed by atoms with Gasteiger partial charge in [0, 0.05) is 43.6 Å². The van der Waals surface area contributed by atoms with Gasteiger partial charge in [0.2, 0.25) is 5.91 Å². The molecule has 3 aromatic rings. The van der Waals surface area contributed by atoms with E-state index < -0.39 is 6.03 Å². The molecule has 0 unspecified atom stereocenters. The Hall–Kier alpha value is -4.05. The van der Waals surface area contributed by atoms with E-state index in [9.17, 15) is 14.0 Å². The number of halogens is 1. The molecule has 0 spiro atoms. The Morgan fingerprint density at radius 3 is 2.31 bits per heavy atom. The fourth-order valence-corrected chi connectivity index (χ4v) is 4.40. The number of aryl methyl sites for hydroxylation is 1. The number of nitrogens with one attached hydrogen (secondary N) is 1. The van der Waals surface area contributed by atoms with Crippen molar-refractivity contribution < 1.29 is 32.6 Å². The van der Waals surface area contributed by atoms with Gasteiger partial charge in [0.15, 0.2) is 0 Å². The molecule has 208 valence electrons. The number of nitrogens with zero attached hydrogens (tertiary/aromatic N) is 2. The van der Waals surface area contributed by atoms with Crippen molar-refractivity contribution in [1.29, 1.82) is 0 Å². The van der Waals surface area contributed by atoms with Crippen molar-refractivity contribution in [3.8, 4) is 11.5 Å². The fourth-order valence-electron chi connectivity index (χ4n) is 4.40. The lowest BCUT2D eigenvalue weighted by Gasteiger charge is -2.29. The second kappa shape index (κ2) is 13.1. The number of carbonyl (C=O) groups is 2. The average molecular weight is 540 g/mol. The van der Waals surface area contributed by atoms with Gasteiger partial charge < -0.3 is 33.7 Å². The predicted octanol–water partition coefficient (Wildman–Crippen LogP) is 4.99. The van der Waals surface area contributed by atoms with Crippen molar-refractivity contribution in [2.75, 3.05) is 39.2 Å². The third-order valence-corrected chi connectivity index (χ3v) is 6.45. The van der Waals surface area contributed by atoms with Crippen molar-refractivity contribution in [2.24, 2.45) is 0 Å². The number of anilines is 1. The second-order valence-corrected chi connectivity index (χ2v) is 9.44. The third kappa shape index (κ3) is 7.97. The molecule has 4 rings (SSSR count). The van der Waals surface area contributed by atoms with Gasteiger partial charge in [0.1, 0.15) is 35.4 Å². The molecule has 2 aromatic carbocycles. The lowest BCUT2D eigenvalue weighted by Crippen LogP contribution is -2.46. The summed E-state index contributed by atoms with van der Waals surface area (Å²) in [4.78, 5) is 30.2. The molecule has 3 amide bonds. The zero-order chi connectivity index (χ0) is 27.8. The molecule has 1 atom stereocenters. The van der Waals surface area contributed by atoms with Crippen molar-refractivity contribution in [1.82, 2.24) is 9.80 Å². The summed E-state index contributed by atoms with van der Waals surface area (Å²) in [5.41, 5.74) is 1.22. The molecule has 1 aliphatic heterocycles. The van der Waals surface area contributed by atoms with Crippen molar-refractivity contribution >= 4 is 17.6 Å². The van der Waals surface area contributed by atoms with Crippen LogP contribution in [0.15, 0.2) is 59.0 Å². The quantitative estimate of drug-likeness (QED) is 0.369. The van der Waals surface area contributed by atoms with Crippen LogP contribution < -0.4 is 14.8 Å². The van der Waals surface area contributed by atoms with Crippen LogP contribution in [0.2, 0.25) is 0 Å². The van der Waals surface area contributed by atoms with Crippen LogP contribution in [0.1, 0.15) is 29.9 Å². The van der Waals surface area contributed by atoms with Gasteiger partial charge in [-0.15, -0.1) is 0 Å². The normalized spacial score (nSPS) is 14.6. The largest absolute Gasteiger partial charge is 0.497 e. The number of ether oxygens (including phenoxy) is 3. The average Bonchev–Trinajstić information content (AvgIpc) is 3.60. The van der Waals surface area contributed by atoms with E-state index in [-0.39, 0.29) is 44.0 Å². The molecule has 1 N–H and O–H groups in total. The van der Waals surface area contributed by atoms with Gasteiger partial charge in [-0.25, -0.2) is 9.18 Å². The Labute approximate surface area is 227 Å². The van der Waals surface area contributed by atoms with E-state index in [0.29, 0.717) is 29.6 Å². The van der Waals surface area contributed by atoms with Gasteiger partial charge in [0.25, 0.3) is 0 Å². The molecule has 2 heterocycles. The van der Waals surface area contributed by atoms with Gasteiger partial charge in [-0.3, -0.25) is 4.79 Å². The number of carbonyl (C=O) groups excluding carboxylic acids is 2. The van der Waals surface area contributed by atoms with E-state index in [1.165, 1.54) is 31.3 Å². The monoisotopic (exact) mass is 539 g/mol. The highest BCUT2D eigenvalue weighted by atomic mass is 19.1. The number of furan rings is 1. The maximum atomic E-state index is 13.7. The zero-order valence-corrected chi connectivity index (χ0v) is 22.4. The van der Waals surface area contributed by atoms with Crippen LogP contribution >= 0.6 is 0 Å². The summed E-state index contributed by atoms with van der Waals surface area (Å²) in [6.45, 7) is 2.94. The highest BCUT2D eigenvalue weighted by Crippen LogP contribution is 2.26. The molecule has 1 fully saturated rings. The van der Waals surface area contributed by atoms with E-state index in [1.807, 2.05) is 19.1 Å². The van der Waals surface area contributed by atoms with Crippen LogP contribution in [0.5, 0.6) is 11.5 Å². The van der Waals surface area contributed by atoms with Crippen LogP contribution in [-0.4, -0.2) is 61.8 Å². The van der Waals surface area contributed by atoms with Gasteiger partial charge in [-0.2, -0.15) is 0 Å². The molecule has 10 heteroatoms. The second-order valence-electron chi connectivity index (χ2n) is 9.44. The van der Waals surface area contributed by atoms with Crippen LogP contribution in [0, 0.1) is 12.7 Å². The summed E-state index contributed by atoms with van der Waals surface area (Å²) in [6, 6.07) is 14.2. The summed E-state index contributed by atoms with van der Waals surface area (Å²) < 4.78 is 35.6. The molecule has 0 saturated carbocycles. The van der Waals surface area contributed by atoms with Gasteiger partial charge in [-0.05, 0) is 49.6 Å². The first-order valence-electron chi connectivity index (χ1n) is 12.8. The molecule has 1 saturated heterocycles. The fraction of sp³-hybridized carbons (Fsp3) is 0.379. The van der Waals surface area contributed by atoms with Crippen molar-refractivity contribution in [2.45, 2.75) is 39.0 Å². The van der Waals surface area contributed by atoms with Crippen molar-refractivity contribution in [3.63, 3.8) is 0 Å². The first-order chi connectivity index (χ1) is 18.8. The Bertz CT molecular complexity index is 1230. The molecular formula is C29H34FN3O6. The van der Waals surface area contributed by atoms with Crippen LogP contribution in [-0.2, 0) is 22.6 Å². The lowest BCUT2D eigenvalue weighted by molar-refractivity contribution is -0.133. The smallest absolute Gasteiger partial charge is 0.322 e. The summed E-state index contributed by atoms with van der Waals surface area (Å²) >= 11 is 0. The van der Waals surface area contributed by atoms with Gasteiger partial charge in [0.05, 0.1) is 26.9 Å².